The van der Waals surface area contributed by atoms with Crippen molar-refractivity contribution in [3.63, 3.8) is 0 Å². The van der Waals surface area contributed by atoms with E-state index in [1.807, 2.05) is 18.2 Å². The Kier molecular flexibility index (Phi) is 2.93. The first-order valence-electron chi connectivity index (χ1n) is 5.99. The maximum atomic E-state index is 12.6. The smallest absolute Gasteiger partial charge is 0.256 e. The summed E-state index contributed by atoms with van der Waals surface area (Å²) in [5, 5.41) is 1.76. The maximum Gasteiger partial charge on any atom is 0.416 e. The number of aromatic nitrogens is 1. The molecule has 0 aliphatic carbocycles. The van der Waals surface area contributed by atoms with Gasteiger partial charge < -0.3 is 0 Å². The van der Waals surface area contributed by atoms with Crippen LogP contribution in [0, 0.1) is 6.07 Å². The summed E-state index contributed by atoms with van der Waals surface area (Å²) in [7, 11) is 0. The molecule has 2 aromatic carbocycles. The van der Waals surface area contributed by atoms with Gasteiger partial charge in [0.15, 0.2) is 0 Å². The molecule has 1 nitrogen and oxygen atoms in total. The number of nitrogens with zero attached hydrogens (tertiary/aromatic N) is 1. The van der Waals surface area contributed by atoms with Gasteiger partial charge in [0.05, 0.1) is 11.3 Å². The van der Waals surface area contributed by atoms with Gasteiger partial charge in [0, 0.05) is 17.1 Å². The van der Waals surface area contributed by atoms with Gasteiger partial charge in [-0.25, -0.2) is 0 Å². The third-order valence-corrected chi connectivity index (χ3v) is 3.07. The van der Waals surface area contributed by atoms with Gasteiger partial charge in [0.25, 0.3) is 0 Å². The Morgan fingerprint density at radius 2 is 1.70 bits per heavy atom. The second kappa shape index (κ2) is 4.63. The predicted octanol–water partition coefficient (Wildman–Crippen LogP) is 4.72. The number of rotatable bonds is 1. The number of halogens is 3. The Labute approximate surface area is 113 Å². The first kappa shape index (κ1) is 12.7. The first-order chi connectivity index (χ1) is 9.55. The van der Waals surface area contributed by atoms with Crippen LogP contribution in [-0.2, 0) is 6.18 Å². The van der Waals surface area contributed by atoms with E-state index in [2.05, 4.69) is 11.1 Å². The average molecular weight is 272 g/mol. The van der Waals surface area contributed by atoms with E-state index in [0.29, 0.717) is 11.3 Å². The van der Waals surface area contributed by atoms with Crippen LogP contribution in [0.5, 0.6) is 0 Å². The van der Waals surface area contributed by atoms with Crippen molar-refractivity contribution in [3.8, 4) is 11.3 Å². The van der Waals surface area contributed by atoms with Crippen LogP contribution in [0.1, 0.15) is 5.56 Å². The third kappa shape index (κ3) is 2.25. The second-order valence-electron chi connectivity index (χ2n) is 4.37. The molecule has 0 aliphatic rings. The highest BCUT2D eigenvalue weighted by Crippen LogP contribution is 2.32. The van der Waals surface area contributed by atoms with E-state index >= 15 is 0 Å². The molecule has 4 heteroatoms. The van der Waals surface area contributed by atoms with E-state index in [1.165, 1.54) is 12.1 Å². The molecular weight excluding hydrogens is 263 g/mol. The maximum absolute atomic E-state index is 12.6. The van der Waals surface area contributed by atoms with E-state index in [1.54, 1.807) is 12.3 Å². The lowest BCUT2D eigenvalue weighted by molar-refractivity contribution is -0.137. The summed E-state index contributed by atoms with van der Waals surface area (Å²) in [6, 6.07) is 15.4. The van der Waals surface area contributed by atoms with E-state index in [-0.39, 0.29) is 0 Å². The lowest BCUT2D eigenvalue weighted by Gasteiger charge is -2.09. The van der Waals surface area contributed by atoms with E-state index in [9.17, 15) is 13.2 Å². The zero-order valence-corrected chi connectivity index (χ0v) is 10.3. The van der Waals surface area contributed by atoms with Crippen LogP contribution in [0.25, 0.3) is 22.0 Å². The van der Waals surface area contributed by atoms with Crippen molar-refractivity contribution in [2.45, 2.75) is 6.18 Å². The molecule has 0 unspecified atom stereocenters. The van der Waals surface area contributed by atoms with Crippen molar-refractivity contribution >= 4 is 10.8 Å². The highest BCUT2D eigenvalue weighted by molar-refractivity contribution is 5.93. The molecule has 0 fully saturated rings. The topological polar surface area (TPSA) is 12.9 Å². The fraction of sp³-hybridized carbons (Fsp3) is 0.0625. The van der Waals surface area contributed by atoms with Crippen molar-refractivity contribution in [1.82, 2.24) is 4.98 Å². The largest absolute Gasteiger partial charge is 0.416 e. The lowest BCUT2D eigenvalue weighted by Crippen LogP contribution is -2.04. The summed E-state index contributed by atoms with van der Waals surface area (Å²) in [6.07, 6.45) is -2.69. The van der Waals surface area contributed by atoms with Crippen molar-refractivity contribution in [3.05, 3.63) is 66.4 Å². The molecule has 0 aliphatic heterocycles. The quantitative estimate of drug-likeness (QED) is 0.624. The van der Waals surface area contributed by atoms with Gasteiger partial charge in [-0.1, -0.05) is 30.3 Å². The second-order valence-corrected chi connectivity index (χ2v) is 4.37. The molecule has 1 radical (unpaired) electrons. The Balaban J connectivity index is 2.12. The van der Waals surface area contributed by atoms with Crippen LogP contribution in [0.3, 0.4) is 0 Å². The van der Waals surface area contributed by atoms with Crippen LogP contribution in [0.15, 0.2) is 54.7 Å². The van der Waals surface area contributed by atoms with Crippen LogP contribution in [-0.4, -0.2) is 4.98 Å². The summed E-state index contributed by atoms with van der Waals surface area (Å²) in [5.41, 5.74) is 0.657. The monoisotopic (exact) mass is 272 g/mol. The fourth-order valence-corrected chi connectivity index (χ4v) is 2.10. The number of hydrogen-bond acceptors (Lipinski definition) is 1. The third-order valence-electron chi connectivity index (χ3n) is 3.07. The van der Waals surface area contributed by atoms with E-state index in [0.717, 1.165) is 22.9 Å². The zero-order valence-electron chi connectivity index (χ0n) is 10.3. The molecule has 0 spiro atoms. The molecule has 0 saturated heterocycles. The van der Waals surface area contributed by atoms with Crippen molar-refractivity contribution in [2.75, 3.05) is 0 Å². The molecule has 3 rings (SSSR count). The summed E-state index contributed by atoms with van der Waals surface area (Å²) < 4.78 is 37.7. The molecule has 99 valence electrons. The standard InChI is InChI=1S/C16H9F3N/c17-16(18,19)13-7-5-12(6-8-13)15-14-4-2-1-3-11(14)9-10-20-15/h1-2,4-10H. The van der Waals surface area contributed by atoms with E-state index < -0.39 is 11.7 Å². The fourth-order valence-electron chi connectivity index (χ4n) is 2.10. The minimum Gasteiger partial charge on any atom is -0.256 e. The summed E-state index contributed by atoms with van der Waals surface area (Å²) in [4.78, 5) is 4.27. The van der Waals surface area contributed by atoms with Crippen molar-refractivity contribution in [1.29, 1.82) is 0 Å². The number of benzene rings is 2. The lowest BCUT2D eigenvalue weighted by atomic mass is 10.0. The minimum absolute atomic E-state index is 0.656. The molecule has 1 heterocycles. The van der Waals surface area contributed by atoms with Crippen molar-refractivity contribution < 1.29 is 13.2 Å². The molecule has 1 aromatic heterocycles. The van der Waals surface area contributed by atoms with Gasteiger partial charge in [-0.05, 0) is 29.7 Å². The molecule has 3 aromatic rings. The molecule has 0 amide bonds. The van der Waals surface area contributed by atoms with Crippen LogP contribution in [0.2, 0.25) is 0 Å². The number of pyridine rings is 1. The summed E-state index contributed by atoms with van der Waals surface area (Å²) in [6.45, 7) is 0. The highest BCUT2D eigenvalue weighted by Gasteiger charge is 2.30. The minimum atomic E-state index is -4.32. The number of hydrogen-bond donors (Lipinski definition) is 0. The molecule has 20 heavy (non-hydrogen) atoms. The van der Waals surface area contributed by atoms with Gasteiger partial charge in [-0.15, -0.1) is 0 Å². The normalized spacial score (nSPS) is 11.8. The molecular formula is C16H9F3N. The average Bonchev–Trinajstić information content (AvgIpc) is 2.46. The summed E-state index contributed by atoms with van der Waals surface area (Å²) in [5.74, 6) is 0. The molecule has 0 N–H and O–H groups in total. The van der Waals surface area contributed by atoms with E-state index in [4.69, 9.17) is 0 Å². The Morgan fingerprint density at radius 3 is 2.40 bits per heavy atom. The molecule has 0 saturated carbocycles. The van der Waals surface area contributed by atoms with Gasteiger partial charge in [-0.3, -0.25) is 4.98 Å². The Bertz CT molecular complexity index is 740. The number of alkyl halides is 3. The van der Waals surface area contributed by atoms with Crippen LogP contribution < -0.4 is 0 Å². The molecule has 0 atom stereocenters. The highest BCUT2D eigenvalue weighted by atomic mass is 19.4. The van der Waals surface area contributed by atoms with Gasteiger partial charge in [0.1, 0.15) is 0 Å². The Morgan fingerprint density at radius 1 is 0.950 bits per heavy atom. The molecule has 0 bridgehead atoms. The van der Waals surface area contributed by atoms with Gasteiger partial charge in [-0.2, -0.15) is 13.2 Å². The van der Waals surface area contributed by atoms with Crippen LogP contribution in [0.4, 0.5) is 13.2 Å². The number of fused-ring (bicyclic) bond motifs is 1. The zero-order chi connectivity index (χ0) is 14.2. The van der Waals surface area contributed by atoms with Gasteiger partial charge >= 0.3 is 6.18 Å². The first-order valence-corrected chi connectivity index (χ1v) is 5.99. The van der Waals surface area contributed by atoms with Crippen molar-refractivity contribution in [2.24, 2.45) is 0 Å². The van der Waals surface area contributed by atoms with Gasteiger partial charge in [0.2, 0.25) is 0 Å². The van der Waals surface area contributed by atoms with Crippen LogP contribution >= 0.6 is 0 Å². The Hall–Kier alpha value is -2.36. The predicted molar refractivity (Wildman–Crippen MR) is 71.0 cm³/mol. The SMILES string of the molecule is FC(F)(F)c1ccc(-c2nccc3[c]cccc23)cc1. The summed E-state index contributed by atoms with van der Waals surface area (Å²) >= 11 is 0.